The first-order chi connectivity index (χ1) is 50.7. The van der Waals surface area contributed by atoms with Gasteiger partial charge in [-0.25, -0.2) is 9.13 Å². The molecule has 0 aromatic heterocycles. The van der Waals surface area contributed by atoms with E-state index in [1.807, 2.05) is 24.3 Å². The first kappa shape index (κ1) is 98.9. The summed E-state index contributed by atoms with van der Waals surface area (Å²) >= 11 is 0. The van der Waals surface area contributed by atoms with Gasteiger partial charge in [-0.05, 0) is 161 Å². The van der Waals surface area contributed by atoms with Gasteiger partial charge in [0, 0.05) is 25.7 Å². The third-order valence-corrected chi connectivity index (χ3v) is 18.2. The van der Waals surface area contributed by atoms with E-state index in [0.717, 1.165) is 135 Å². The van der Waals surface area contributed by atoms with Gasteiger partial charge >= 0.3 is 39.5 Å². The number of carbonyl (C=O) groups is 4. The number of carbonyl (C=O) groups excluding carboxylic acids is 4. The fourth-order valence-electron chi connectivity index (χ4n) is 10.1. The van der Waals surface area contributed by atoms with Gasteiger partial charge in [0.25, 0.3) is 0 Å². The van der Waals surface area contributed by atoms with Crippen LogP contribution in [0, 0.1) is 0 Å². The summed E-state index contributed by atoms with van der Waals surface area (Å²) in [6.45, 7) is 4.61. The van der Waals surface area contributed by atoms with Crippen LogP contribution in [0.2, 0.25) is 0 Å². The molecule has 17 nitrogen and oxygen atoms in total. The molecule has 0 aliphatic heterocycles. The molecule has 0 saturated heterocycles. The van der Waals surface area contributed by atoms with Crippen LogP contribution in [0.3, 0.4) is 0 Å². The van der Waals surface area contributed by atoms with E-state index in [1.165, 1.54) is 83.5 Å². The molecule has 0 saturated carbocycles. The van der Waals surface area contributed by atoms with Crippen molar-refractivity contribution < 1.29 is 80.2 Å². The summed E-state index contributed by atoms with van der Waals surface area (Å²) in [6, 6.07) is 0. The number of hydrogen-bond donors (Lipinski definition) is 3. The number of allylic oxidation sites excluding steroid dienone is 24. The van der Waals surface area contributed by atoms with E-state index in [9.17, 15) is 43.2 Å². The fraction of sp³-hybridized carbons (Fsp3) is 0.671. The average molecular weight is 1500 g/mol. The minimum absolute atomic E-state index is 0.0604. The minimum atomic E-state index is -5.00. The summed E-state index contributed by atoms with van der Waals surface area (Å²) in [7, 11) is -10.0. The van der Waals surface area contributed by atoms with Crippen molar-refractivity contribution in [1.82, 2.24) is 0 Å². The zero-order valence-corrected chi connectivity index (χ0v) is 66.7. The minimum Gasteiger partial charge on any atom is -0.462 e. The lowest BCUT2D eigenvalue weighted by Gasteiger charge is -2.21. The van der Waals surface area contributed by atoms with Gasteiger partial charge in [-0.3, -0.25) is 37.3 Å². The first-order valence-corrected chi connectivity index (χ1v) is 43.1. The van der Waals surface area contributed by atoms with Crippen molar-refractivity contribution in [1.29, 1.82) is 0 Å². The number of phosphoric ester groups is 2. The van der Waals surface area contributed by atoms with Gasteiger partial charge in [-0.15, -0.1) is 0 Å². The van der Waals surface area contributed by atoms with Gasteiger partial charge in [-0.1, -0.05) is 270 Å². The molecule has 0 spiro atoms. The van der Waals surface area contributed by atoms with Crippen LogP contribution in [0.25, 0.3) is 0 Å². The molecule has 2 unspecified atom stereocenters. The first-order valence-electron chi connectivity index (χ1n) is 40.1. The van der Waals surface area contributed by atoms with Crippen LogP contribution in [0.15, 0.2) is 146 Å². The summed E-state index contributed by atoms with van der Waals surface area (Å²) in [5, 5.41) is 10.6. The van der Waals surface area contributed by atoms with E-state index in [-0.39, 0.29) is 25.7 Å². The Hall–Kier alpha value is -5.06. The smallest absolute Gasteiger partial charge is 0.462 e. The maximum atomic E-state index is 13.1. The predicted molar refractivity (Wildman–Crippen MR) is 427 cm³/mol. The highest BCUT2D eigenvalue weighted by Gasteiger charge is 2.30. The molecule has 0 aliphatic rings. The molecule has 5 atom stereocenters. The third-order valence-electron chi connectivity index (χ3n) is 16.3. The number of aliphatic hydroxyl groups is 1. The maximum Gasteiger partial charge on any atom is 0.472 e. The normalized spacial score (nSPS) is 14.6. The number of hydrogen-bond acceptors (Lipinski definition) is 15. The van der Waals surface area contributed by atoms with Gasteiger partial charge in [0.05, 0.1) is 26.4 Å². The molecule has 0 bridgehead atoms. The van der Waals surface area contributed by atoms with Crippen LogP contribution >= 0.6 is 15.6 Å². The van der Waals surface area contributed by atoms with E-state index < -0.39 is 97.5 Å². The standard InChI is InChI=1S/C85H142O17P2/c1-5-9-13-17-21-25-29-33-37-39-43-45-49-53-57-61-65-69-82(87)95-75-80(101-84(89)71-67-63-59-55-51-47-41-35-31-27-23-19-15-11-7-3)77-99-103(91,92)97-73-79(86)74-98-104(93,94)100-78-81(102-85(90)72-68-64-60-56-52-48-42-36-32-28-24-20-16-12-8-4)76-96-83(88)70-66-62-58-54-50-46-44-40-38-34-30-26-22-18-14-10-6-2/h21-23,25-28,32-38,41-46,53-54,57-58,79-81,86H,5-20,24,29-31,39-40,47-52,55-56,59-78H2,1-4H3,(H,91,92)(H,93,94)/b25-21-,26-22-,27-23-,32-28-,37-33-,38-34-,41-35-,42-36-,45-43-,46-44-,57-53-,58-54-/t79-,80+,81+/m0/s1. The van der Waals surface area contributed by atoms with Crippen molar-refractivity contribution in [2.75, 3.05) is 39.6 Å². The van der Waals surface area contributed by atoms with Crippen molar-refractivity contribution in [3.05, 3.63) is 146 Å². The van der Waals surface area contributed by atoms with Crippen LogP contribution in [-0.2, 0) is 65.4 Å². The highest BCUT2D eigenvalue weighted by molar-refractivity contribution is 7.47. The Balaban J connectivity index is 5.49. The Labute approximate surface area is 630 Å². The molecule has 0 radical (unpaired) electrons. The third kappa shape index (κ3) is 75.2. The second-order valence-electron chi connectivity index (χ2n) is 26.3. The Bertz CT molecular complexity index is 2540. The molecule has 0 aromatic carbocycles. The predicted octanol–water partition coefficient (Wildman–Crippen LogP) is 23.4. The van der Waals surface area contributed by atoms with Crippen molar-refractivity contribution in [3.63, 3.8) is 0 Å². The summed E-state index contributed by atoms with van der Waals surface area (Å²) in [4.78, 5) is 73.0. The SMILES string of the molecule is CCCCC/C=C\C/C=C\C/C=C\C/C=C\CCCC(=O)OC[C@H](COP(=O)(O)OC[C@@H](O)COP(=O)(O)OC[C@@H](COC(=O)CCC/C=C\C/C=C\C/C=C\C/C=C\CCCCC)OC(=O)CCCCCCC/C=C\C/C=C\CCCCC)OC(=O)CCCCCCC/C=C\C=C/CCCCCC. The number of ether oxygens (including phenoxy) is 4. The van der Waals surface area contributed by atoms with Crippen molar-refractivity contribution in [2.45, 2.75) is 329 Å². The lowest BCUT2D eigenvalue weighted by Crippen LogP contribution is -2.30. The van der Waals surface area contributed by atoms with Crippen LogP contribution in [0.5, 0.6) is 0 Å². The molecule has 3 N–H and O–H groups in total. The fourth-order valence-corrected chi connectivity index (χ4v) is 11.7. The van der Waals surface area contributed by atoms with Crippen molar-refractivity contribution >= 4 is 39.5 Å². The monoisotopic (exact) mass is 1500 g/mol. The molecule has 0 heterocycles. The molecular weight excluding hydrogens is 1350 g/mol. The molecule has 0 rings (SSSR count). The number of aliphatic hydroxyl groups excluding tert-OH is 1. The number of phosphoric acid groups is 2. The van der Waals surface area contributed by atoms with Crippen molar-refractivity contribution in [2.24, 2.45) is 0 Å². The topological polar surface area (TPSA) is 237 Å². The lowest BCUT2D eigenvalue weighted by atomic mass is 10.1. The van der Waals surface area contributed by atoms with Crippen LogP contribution in [-0.4, -0.2) is 96.7 Å². The van der Waals surface area contributed by atoms with Gasteiger partial charge in [0.15, 0.2) is 12.2 Å². The van der Waals surface area contributed by atoms with Gasteiger partial charge in [-0.2, -0.15) is 0 Å². The summed E-state index contributed by atoms with van der Waals surface area (Å²) in [5.74, 6) is -2.34. The molecule has 19 heteroatoms. The van der Waals surface area contributed by atoms with Crippen LogP contribution in [0.1, 0.15) is 310 Å². The number of unbranched alkanes of at least 4 members (excludes halogenated alkanes) is 25. The number of esters is 4. The molecule has 0 aromatic rings. The Morgan fingerprint density at radius 2 is 0.510 bits per heavy atom. The van der Waals surface area contributed by atoms with Gasteiger partial charge in [0.1, 0.15) is 19.3 Å². The van der Waals surface area contributed by atoms with E-state index in [0.29, 0.717) is 38.5 Å². The molecule has 0 amide bonds. The highest BCUT2D eigenvalue weighted by Crippen LogP contribution is 2.45. The van der Waals surface area contributed by atoms with E-state index >= 15 is 0 Å². The number of rotatable bonds is 74. The zero-order chi connectivity index (χ0) is 76.0. The Morgan fingerprint density at radius 1 is 0.279 bits per heavy atom. The maximum absolute atomic E-state index is 13.1. The van der Waals surface area contributed by atoms with E-state index in [1.54, 1.807) is 0 Å². The molecule has 104 heavy (non-hydrogen) atoms. The molecule has 0 aliphatic carbocycles. The van der Waals surface area contributed by atoms with Gasteiger partial charge in [0.2, 0.25) is 0 Å². The van der Waals surface area contributed by atoms with Crippen LogP contribution in [0.4, 0.5) is 0 Å². The lowest BCUT2D eigenvalue weighted by molar-refractivity contribution is -0.161. The van der Waals surface area contributed by atoms with E-state index in [2.05, 4.69) is 149 Å². The van der Waals surface area contributed by atoms with Crippen molar-refractivity contribution in [3.8, 4) is 0 Å². The summed E-state index contributed by atoms with van der Waals surface area (Å²) in [5.41, 5.74) is 0. The molecular formula is C85H142O17P2. The van der Waals surface area contributed by atoms with Crippen LogP contribution < -0.4 is 0 Å². The molecule has 0 fully saturated rings. The second-order valence-corrected chi connectivity index (χ2v) is 29.2. The van der Waals surface area contributed by atoms with Gasteiger partial charge < -0.3 is 33.8 Å². The largest absolute Gasteiger partial charge is 0.472 e. The average Bonchev–Trinajstić information content (AvgIpc) is 0.937. The summed E-state index contributed by atoms with van der Waals surface area (Å²) < 4.78 is 68.5. The van der Waals surface area contributed by atoms with E-state index in [4.69, 9.17) is 37.0 Å². The zero-order valence-electron chi connectivity index (χ0n) is 64.9. The summed E-state index contributed by atoms with van der Waals surface area (Å²) in [6.07, 6.45) is 86.9. The second kappa shape index (κ2) is 76.1. The quantitative estimate of drug-likeness (QED) is 0.0128. The molecule has 594 valence electrons. The Kier molecular flexibility index (Phi) is 72.4. The highest BCUT2D eigenvalue weighted by atomic mass is 31.2. The Morgan fingerprint density at radius 3 is 0.827 bits per heavy atom.